The molecule has 2 aromatic rings. The molecule has 0 saturated carbocycles. The average Bonchev–Trinajstić information content (AvgIpc) is 3.09. The highest BCUT2D eigenvalue weighted by atomic mass is 79.9. The van der Waals surface area contributed by atoms with Crippen LogP contribution in [0.1, 0.15) is 41.8 Å². The number of hydrogen-bond donors (Lipinski definition) is 2. The fraction of sp³-hybridized carbons (Fsp3) is 0.400. The lowest BCUT2D eigenvalue weighted by Crippen LogP contribution is -2.31. The van der Waals surface area contributed by atoms with Gasteiger partial charge in [0.15, 0.2) is 0 Å². The first kappa shape index (κ1) is 14.7. The molecule has 0 bridgehead atoms. The minimum absolute atomic E-state index is 0.0978. The number of halogens is 1. The largest absolute Gasteiger partial charge is 0.372 e. The summed E-state index contributed by atoms with van der Waals surface area (Å²) in [5, 5.41) is 4.42. The number of aromatic nitrogens is 2. The Bertz CT molecular complexity index is 641. The molecule has 0 radical (unpaired) electrons. The second-order valence-electron chi connectivity index (χ2n) is 5.22. The Morgan fingerprint density at radius 1 is 1.43 bits per heavy atom. The lowest BCUT2D eigenvalue weighted by Gasteiger charge is -2.19. The Balaban J connectivity index is 2.00. The molecule has 0 aliphatic carbocycles. The lowest BCUT2D eigenvalue weighted by molar-refractivity contribution is 0.134. The highest BCUT2D eigenvalue weighted by Gasteiger charge is 2.22. The van der Waals surface area contributed by atoms with Gasteiger partial charge in [-0.3, -0.25) is 10.5 Å². The number of hydrazine groups is 1. The maximum absolute atomic E-state index is 5.83. The van der Waals surface area contributed by atoms with Gasteiger partial charge in [0.25, 0.3) is 0 Å². The van der Waals surface area contributed by atoms with Gasteiger partial charge in [-0.2, -0.15) is 5.10 Å². The van der Waals surface area contributed by atoms with Crippen LogP contribution < -0.4 is 11.3 Å². The van der Waals surface area contributed by atoms with Crippen LogP contribution in [0.4, 0.5) is 0 Å². The van der Waals surface area contributed by atoms with E-state index in [1.807, 2.05) is 10.9 Å². The maximum Gasteiger partial charge on any atom is 0.0889 e. The Labute approximate surface area is 132 Å². The molecule has 5 nitrogen and oxygen atoms in total. The predicted molar refractivity (Wildman–Crippen MR) is 84.3 cm³/mol. The summed E-state index contributed by atoms with van der Waals surface area (Å²) in [6, 6.07) is 6.30. The first-order valence-corrected chi connectivity index (χ1v) is 7.90. The SMILES string of the molecule is CCCn1ncc(Br)c1C(NN)c1ccc2c(c1)COC2. The summed E-state index contributed by atoms with van der Waals surface area (Å²) < 4.78 is 8.45. The first-order valence-electron chi connectivity index (χ1n) is 7.11. The zero-order valence-corrected chi connectivity index (χ0v) is 13.6. The summed E-state index contributed by atoms with van der Waals surface area (Å²) in [5.41, 5.74) is 7.60. The summed E-state index contributed by atoms with van der Waals surface area (Å²) in [7, 11) is 0. The Kier molecular flexibility index (Phi) is 4.40. The Morgan fingerprint density at radius 3 is 3.00 bits per heavy atom. The molecular weight excluding hydrogens is 332 g/mol. The number of nitrogens with one attached hydrogen (secondary N) is 1. The molecule has 3 rings (SSSR count). The van der Waals surface area contributed by atoms with Gasteiger partial charge >= 0.3 is 0 Å². The molecule has 0 fully saturated rings. The smallest absolute Gasteiger partial charge is 0.0889 e. The first-order chi connectivity index (χ1) is 10.2. The molecule has 21 heavy (non-hydrogen) atoms. The van der Waals surface area contributed by atoms with E-state index in [0.717, 1.165) is 28.7 Å². The molecule has 1 aliphatic heterocycles. The van der Waals surface area contributed by atoms with Crippen molar-refractivity contribution in [3.63, 3.8) is 0 Å². The third kappa shape index (κ3) is 2.76. The third-order valence-electron chi connectivity index (χ3n) is 3.79. The van der Waals surface area contributed by atoms with Crippen LogP contribution in [0.25, 0.3) is 0 Å². The van der Waals surface area contributed by atoms with Gasteiger partial charge in [0.2, 0.25) is 0 Å². The summed E-state index contributed by atoms with van der Waals surface area (Å²) in [6.07, 6.45) is 2.85. The van der Waals surface area contributed by atoms with Crippen LogP contribution >= 0.6 is 15.9 Å². The molecule has 6 heteroatoms. The van der Waals surface area contributed by atoms with E-state index in [4.69, 9.17) is 10.6 Å². The van der Waals surface area contributed by atoms with Gasteiger partial charge in [-0.1, -0.05) is 25.1 Å². The van der Waals surface area contributed by atoms with E-state index in [2.05, 4.69) is 51.6 Å². The minimum Gasteiger partial charge on any atom is -0.372 e. The second-order valence-corrected chi connectivity index (χ2v) is 6.08. The third-order valence-corrected chi connectivity index (χ3v) is 4.40. The van der Waals surface area contributed by atoms with Crippen molar-refractivity contribution in [2.75, 3.05) is 0 Å². The summed E-state index contributed by atoms with van der Waals surface area (Å²) in [5.74, 6) is 5.83. The molecule has 1 aromatic heterocycles. The molecule has 1 atom stereocenters. The lowest BCUT2D eigenvalue weighted by atomic mass is 9.99. The van der Waals surface area contributed by atoms with Crippen LogP contribution in [0.5, 0.6) is 0 Å². The van der Waals surface area contributed by atoms with Crippen molar-refractivity contribution in [2.24, 2.45) is 5.84 Å². The number of rotatable bonds is 5. The molecule has 112 valence electrons. The monoisotopic (exact) mass is 350 g/mol. The Morgan fingerprint density at radius 2 is 2.24 bits per heavy atom. The highest BCUT2D eigenvalue weighted by Crippen LogP contribution is 2.31. The maximum atomic E-state index is 5.83. The normalized spacial score (nSPS) is 15.2. The number of aryl methyl sites for hydroxylation is 1. The van der Waals surface area contributed by atoms with Crippen molar-refractivity contribution < 1.29 is 4.74 Å². The number of nitrogens with two attached hydrogens (primary N) is 1. The predicted octanol–water partition coefficient (Wildman–Crippen LogP) is 2.64. The van der Waals surface area contributed by atoms with Crippen LogP contribution in [0, 0.1) is 0 Å². The van der Waals surface area contributed by atoms with Crippen molar-refractivity contribution in [1.29, 1.82) is 0 Å². The molecule has 3 N–H and O–H groups in total. The summed E-state index contributed by atoms with van der Waals surface area (Å²) in [4.78, 5) is 0. The fourth-order valence-electron chi connectivity index (χ4n) is 2.75. The molecule has 0 saturated heterocycles. The van der Waals surface area contributed by atoms with E-state index >= 15 is 0 Å². The average molecular weight is 351 g/mol. The highest BCUT2D eigenvalue weighted by molar-refractivity contribution is 9.10. The standard InChI is InChI=1S/C15H19BrN4O/c1-2-5-20-15(13(16)7-18-20)14(19-17)10-3-4-11-8-21-9-12(11)6-10/h3-4,6-7,14,19H,2,5,8-9,17H2,1H3. The molecule has 1 aromatic carbocycles. The molecular formula is C15H19BrN4O. The van der Waals surface area contributed by atoms with E-state index in [9.17, 15) is 0 Å². The topological polar surface area (TPSA) is 65.1 Å². The van der Waals surface area contributed by atoms with Crippen molar-refractivity contribution >= 4 is 15.9 Å². The summed E-state index contributed by atoms with van der Waals surface area (Å²) in [6.45, 7) is 4.38. The van der Waals surface area contributed by atoms with Crippen LogP contribution in [-0.4, -0.2) is 9.78 Å². The number of ether oxygens (including phenoxy) is 1. The van der Waals surface area contributed by atoms with Gasteiger partial charge in [0.1, 0.15) is 0 Å². The minimum atomic E-state index is -0.0978. The van der Waals surface area contributed by atoms with Gasteiger partial charge in [-0.05, 0) is 39.0 Å². The second kappa shape index (κ2) is 6.27. The van der Waals surface area contributed by atoms with E-state index < -0.39 is 0 Å². The molecule has 1 unspecified atom stereocenters. The van der Waals surface area contributed by atoms with Crippen molar-refractivity contribution in [3.05, 3.63) is 51.3 Å². The Hall–Kier alpha value is -1.21. The van der Waals surface area contributed by atoms with Gasteiger partial charge in [0.05, 0.1) is 35.6 Å². The molecule has 0 spiro atoms. The van der Waals surface area contributed by atoms with E-state index in [-0.39, 0.29) is 6.04 Å². The molecule has 2 heterocycles. The van der Waals surface area contributed by atoms with Gasteiger partial charge in [-0.15, -0.1) is 0 Å². The number of hydrogen-bond acceptors (Lipinski definition) is 4. The van der Waals surface area contributed by atoms with Crippen LogP contribution in [-0.2, 0) is 24.5 Å². The van der Waals surface area contributed by atoms with Gasteiger partial charge in [0, 0.05) is 6.54 Å². The van der Waals surface area contributed by atoms with E-state index in [0.29, 0.717) is 13.2 Å². The van der Waals surface area contributed by atoms with Gasteiger partial charge in [-0.25, -0.2) is 5.43 Å². The van der Waals surface area contributed by atoms with Crippen molar-refractivity contribution in [1.82, 2.24) is 15.2 Å². The van der Waals surface area contributed by atoms with Crippen molar-refractivity contribution in [3.8, 4) is 0 Å². The quantitative estimate of drug-likeness (QED) is 0.642. The molecule has 0 amide bonds. The van der Waals surface area contributed by atoms with Crippen molar-refractivity contribution in [2.45, 2.75) is 39.1 Å². The van der Waals surface area contributed by atoms with Crippen LogP contribution in [0.3, 0.4) is 0 Å². The summed E-state index contributed by atoms with van der Waals surface area (Å²) >= 11 is 3.58. The molecule has 1 aliphatic rings. The van der Waals surface area contributed by atoms with E-state index in [1.165, 1.54) is 11.1 Å². The zero-order chi connectivity index (χ0) is 14.8. The fourth-order valence-corrected chi connectivity index (χ4v) is 3.28. The number of nitrogens with zero attached hydrogens (tertiary/aromatic N) is 2. The van der Waals surface area contributed by atoms with Crippen LogP contribution in [0.2, 0.25) is 0 Å². The van der Waals surface area contributed by atoms with Crippen LogP contribution in [0.15, 0.2) is 28.9 Å². The van der Waals surface area contributed by atoms with E-state index in [1.54, 1.807) is 0 Å². The number of fused-ring (bicyclic) bond motifs is 1. The number of benzene rings is 1. The van der Waals surface area contributed by atoms with Gasteiger partial charge < -0.3 is 4.74 Å². The zero-order valence-electron chi connectivity index (χ0n) is 12.0.